The monoisotopic (exact) mass is 444 g/mol. The minimum absolute atomic E-state index is 0.0768. The van der Waals surface area contributed by atoms with Crippen LogP contribution in [0.4, 0.5) is 10.1 Å². The third-order valence-corrected chi connectivity index (χ3v) is 5.08. The van der Waals surface area contributed by atoms with Gasteiger partial charge in [-0.3, -0.25) is 19.0 Å². The Bertz CT molecular complexity index is 1340. The molecule has 8 heteroatoms. The van der Waals surface area contributed by atoms with Crippen LogP contribution in [-0.4, -0.2) is 27.4 Å². The summed E-state index contributed by atoms with van der Waals surface area (Å²) in [5, 5.41) is 5.58. The minimum Gasteiger partial charge on any atom is -0.342 e. The van der Waals surface area contributed by atoms with E-state index in [2.05, 4.69) is 15.6 Å². The standard InChI is InChI=1S/C25H21FN4O3/c26-18-11-12-21-20(14-18)25(33)30(16-27-21)15-23(31)29-22(13-17-7-3-1-4-8-17)24(32)28-19-9-5-2-6-10-19/h1-12,14,16,22H,13,15H2,(H,28,32)(H,29,31). The fourth-order valence-corrected chi connectivity index (χ4v) is 3.45. The van der Waals surface area contributed by atoms with Crippen molar-refractivity contribution in [2.75, 3.05) is 5.32 Å². The second-order valence-corrected chi connectivity index (χ2v) is 7.50. The molecule has 0 bridgehead atoms. The van der Waals surface area contributed by atoms with E-state index >= 15 is 0 Å². The molecule has 2 amide bonds. The van der Waals surface area contributed by atoms with E-state index in [1.165, 1.54) is 18.5 Å². The first kappa shape index (κ1) is 21.9. The first-order valence-corrected chi connectivity index (χ1v) is 10.3. The van der Waals surface area contributed by atoms with Gasteiger partial charge < -0.3 is 10.6 Å². The number of para-hydroxylation sites is 1. The topological polar surface area (TPSA) is 93.1 Å². The molecule has 0 saturated carbocycles. The Morgan fingerprint density at radius 2 is 1.67 bits per heavy atom. The highest BCUT2D eigenvalue weighted by Crippen LogP contribution is 2.10. The van der Waals surface area contributed by atoms with Crippen molar-refractivity contribution in [3.05, 3.63) is 107 Å². The normalized spacial score (nSPS) is 11.7. The Kier molecular flexibility index (Phi) is 6.54. The lowest BCUT2D eigenvalue weighted by atomic mass is 10.0. The molecule has 1 atom stereocenters. The number of carbonyl (C=O) groups is 2. The van der Waals surface area contributed by atoms with E-state index in [4.69, 9.17) is 0 Å². The summed E-state index contributed by atoms with van der Waals surface area (Å²) < 4.78 is 14.6. The highest BCUT2D eigenvalue weighted by Gasteiger charge is 2.22. The molecule has 33 heavy (non-hydrogen) atoms. The lowest BCUT2D eigenvalue weighted by molar-refractivity contribution is -0.126. The van der Waals surface area contributed by atoms with Gasteiger partial charge in [-0.05, 0) is 35.9 Å². The summed E-state index contributed by atoms with van der Waals surface area (Å²) in [4.78, 5) is 42.5. The molecule has 1 aromatic heterocycles. The average Bonchev–Trinajstić information content (AvgIpc) is 2.82. The molecule has 0 aliphatic rings. The number of nitrogens with one attached hydrogen (secondary N) is 2. The van der Waals surface area contributed by atoms with Crippen molar-refractivity contribution < 1.29 is 14.0 Å². The van der Waals surface area contributed by atoms with Gasteiger partial charge in [-0.25, -0.2) is 9.37 Å². The molecule has 4 aromatic rings. The predicted octanol–water partition coefficient (Wildman–Crippen LogP) is 2.90. The van der Waals surface area contributed by atoms with Crippen molar-refractivity contribution in [3.8, 4) is 0 Å². The molecular formula is C25H21FN4O3. The number of hydrogen-bond donors (Lipinski definition) is 2. The van der Waals surface area contributed by atoms with Crippen LogP contribution >= 0.6 is 0 Å². The number of benzene rings is 3. The maximum atomic E-state index is 13.6. The van der Waals surface area contributed by atoms with Gasteiger partial charge in [-0.2, -0.15) is 0 Å². The van der Waals surface area contributed by atoms with Gasteiger partial charge in [-0.1, -0.05) is 48.5 Å². The SMILES string of the molecule is O=C(Cn1cnc2ccc(F)cc2c1=O)NC(Cc1ccccc1)C(=O)Nc1ccccc1. The Morgan fingerprint density at radius 3 is 2.39 bits per heavy atom. The molecule has 0 spiro atoms. The third kappa shape index (κ3) is 5.48. The fourth-order valence-electron chi connectivity index (χ4n) is 3.45. The smallest absolute Gasteiger partial charge is 0.261 e. The highest BCUT2D eigenvalue weighted by molar-refractivity contribution is 5.97. The van der Waals surface area contributed by atoms with Crippen molar-refractivity contribution in [3.63, 3.8) is 0 Å². The second-order valence-electron chi connectivity index (χ2n) is 7.50. The van der Waals surface area contributed by atoms with Crippen LogP contribution in [0.3, 0.4) is 0 Å². The molecule has 1 unspecified atom stereocenters. The predicted molar refractivity (Wildman–Crippen MR) is 123 cm³/mol. The van der Waals surface area contributed by atoms with E-state index in [9.17, 15) is 18.8 Å². The number of rotatable bonds is 7. The summed E-state index contributed by atoms with van der Waals surface area (Å²) in [5.74, 6) is -1.49. The van der Waals surface area contributed by atoms with Crippen LogP contribution in [-0.2, 0) is 22.6 Å². The molecule has 0 saturated heterocycles. The summed E-state index contributed by atoms with van der Waals surface area (Å²) in [6.07, 6.45) is 1.50. The molecule has 2 N–H and O–H groups in total. The van der Waals surface area contributed by atoms with E-state index in [0.717, 1.165) is 16.2 Å². The first-order chi connectivity index (χ1) is 16.0. The van der Waals surface area contributed by atoms with Crippen molar-refractivity contribution in [1.82, 2.24) is 14.9 Å². The number of fused-ring (bicyclic) bond motifs is 1. The first-order valence-electron chi connectivity index (χ1n) is 10.3. The summed E-state index contributed by atoms with van der Waals surface area (Å²) in [6, 6.07) is 21.0. The van der Waals surface area contributed by atoms with Crippen LogP contribution in [0.25, 0.3) is 10.9 Å². The van der Waals surface area contributed by atoms with Crippen LogP contribution in [0, 0.1) is 5.82 Å². The van der Waals surface area contributed by atoms with Gasteiger partial charge in [0.25, 0.3) is 5.56 Å². The zero-order chi connectivity index (χ0) is 23.2. The lowest BCUT2D eigenvalue weighted by Crippen LogP contribution is -2.47. The number of amides is 2. The molecular weight excluding hydrogens is 423 g/mol. The van der Waals surface area contributed by atoms with E-state index < -0.39 is 23.3 Å². The highest BCUT2D eigenvalue weighted by atomic mass is 19.1. The molecule has 4 rings (SSSR count). The number of hydrogen-bond acceptors (Lipinski definition) is 4. The largest absolute Gasteiger partial charge is 0.342 e. The summed E-state index contributed by atoms with van der Waals surface area (Å²) >= 11 is 0. The lowest BCUT2D eigenvalue weighted by Gasteiger charge is -2.19. The van der Waals surface area contributed by atoms with Crippen LogP contribution < -0.4 is 16.2 Å². The van der Waals surface area contributed by atoms with Gasteiger partial charge in [0.1, 0.15) is 18.4 Å². The number of aromatic nitrogens is 2. The quantitative estimate of drug-likeness (QED) is 0.458. The summed E-state index contributed by atoms with van der Waals surface area (Å²) in [7, 11) is 0. The molecule has 0 fully saturated rings. The van der Waals surface area contributed by atoms with Crippen molar-refractivity contribution in [2.24, 2.45) is 0 Å². The fraction of sp³-hybridized carbons (Fsp3) is 0.120. The van der Waals surface area contributed by atoms with E-state index in [-0.39, 0.29) is 24.3 Å². The number of anilines is 1. The van der Waals surface area contributed by atoms with E-state index in [1.54, 1.807) is 24.3 Å². The average molecular weight is 444 g/mol. The molecule has 166 valence electrons. The zero-order valence-corrected chi connectivity index (χ0v) is 17.6. The van der Waals surface area contributed by atoms with Crippen LogP contribution in [0.1, 0.15) is 5.56 Å². The van der Waals surface area contributed by atoms with Crippen LogP contribution in [0.15, 0.2) is 90.0 Å². The number of carbonyl (C=O) groups excluding carboxylic acids is 2. The van der Waals surface area contributed by atoms with Crippen molar-refractivity contribution in [1.29, 1.82) is 0 Å². The minimum atomic E-state index is -0.873. The van der Waals surface area contributed by atoms with Gasteiger partial charge in [0.15, 0.2) is 0 Å². The molecule has 0 aliphatic heterocycles. The Labute approximate surface area is 188 Å². The van der Waals surface area contributed by atoms with Crippen molar-refractivity contribution in [2.45, 2.75) is 19.0 Å². The van der Waals surface area contributed by atoms with Gasteiger partial charge in [-0.15, -0.1) is 0 Å². The molecule has 1 heterocycles. The van der Waals surface area contributed by atoms with Gasteiger partial charge >= 0.3 is 0 Å². The maximum absolute atomic E-state index is 13.6. The third-order valence-electron chi connectivity index (χ3n) is 5.08. The van der Waals surface area contributed by atoms with Crippen LogP contribution in [0.5, 0.6) is 0 Å². The number of halogens is 1. The van der Waals surface area contributed by atoms with E-state index in [1.807, 2.05) is 36.4 Å². The van der Waals surface area contributed by atoms with Gasteiger partial charge in [0, 0.05) is 12.1 Å². The summed E-state index contributed by atoms with van der Waals surface area (Å²) in [6.45, 7) is -0.359. The maximum Gasteiger partial charge on any atom is 0.261 e. The van der Waals surface area contributed by atoms with Crippen LogP contribution in [0.2, 0.25) is 0 Å². The Morgan fingerprint density at radius 1 is 0.970 bits per heavy atom. The zero-order valence-electron chi connectivity index (χ0n) is 17.6. The van der Waals surface area contributed by atoms with E-state index in [0.29, 0.717) is 11.2 Å². The Balaban J connectivity index is 1.53. The second kappa shape index (κ2) is 9.86. The molecule has 0 aliphatic carbocycles. The molecule has 0 radical (unpaired) electrons. The molecule has 7 nitrogen and oxygen atoms in total. The van der Waals surface area contributed by atoms with Crippen molar-refractivity contribution >= 4 is 28.4 Å². The molecule has 3 aromatic carbocycles. The van der Waals surface area contributed by atoms with Gasteiger partial charge in [0.2, 0.25) is 11.8 Å². The Hall–Kier alpha value is -4.33. The van der Waals surface area contributed by atoms with Gasteiger partial charge in [0.05, 0.1) is 17.2 Å². The summed E-state index contributed by atoms with van der Waals surface area (Å²) in [5.41, 5.74) is 1.27. The number of nitrogens with zero attached hydrogens (tertiary/aromatic N) is 2.